The molecule has 3 rings (SSSR count). The zero-order valence-corrected chi connectivity index (χ0v) is 19.2. The van der Waals surface area contributed by atoms with Crippen molar-refractivity contribution < 1.29 is 37.7 Å². The number of hydrogen-bond acceptors (Lipinski definition) is 6. The average Bonchev–Trinajstić information content (AvgIpc) is 2.85. The van der Waals surface area contributed by atoms with E-state index in [-0.39, 0.29) is 24.6 Å². The van der Waals surface area contributed by atoms with Crippen LogP contribution in [-0.4, -0.2) is 47.8 Å². The Kier molecular flexibility index (Phi) is 9.01. The summed E-state index contributed by atoms with van der Waals surface area (Å²) in [4.78, 5) is 41.3. The van der Waals surface area contributed by atoms with Gasteiger partial charge in [0.05, 0.1) is 32.9 Å². The number of pyridine rings is 1. The standard InChI is InChI=1S/C25H23F2N3O6/c1-35-25(34)30(22(24(32)33)15-36-14-17-10-19(27)13-28-12-17)21-8-6-20(7-9-21)29-23(31)11-16-2-4-18(26)5-3-16/h2-10,12-13,22H,11,14-15H2,1H3,(H,29,31)(H,32,33)/t22-/m0/s1. The van der Waals surface area contributed by atoms with Crippen molar-refractivity contribution in [3.05, 3.63) is 89.8 Å². The first-order valence-corrected chi connectivity index (χ1v) is 10.7. The zero-order chi connectivity index (χ0) is 26.1. The van der Waals surface area contributed by atoms with Crippen molar-refractivity contribution in [1.82, 2.24) is 4.98 Å². The van der Waals surface area contributed by atoms with Crippen LogP contribution in [0.4, 0.5) is 25.0 Å². The van der Waals surface area contributed by atoms with Crippen LogP contribution in [0.15, 0.2) is 67.0 Å². The van der Waals surface area contributed by atoms with Gasteiger partial charge in [0.1, 0.15) is 11.6 Å². The van der Waals surface area contributed by atoms with Gasteiger partial charge in [0.2, 0.25) is 5.91 Å². The minimum absolute atomic E-state index is 0.0234. The molecule has 1 heterocycles. The van der Waals surface area contributed by atoms with Gasteiger partial charge in [-0.1, -0.05) is 12.1 Å². The Bertz CT molecular complexity index is 1210. The van der Waals surface area contributed by atoms with Crippen LogP contribution in [0, 0.1) is 11.6 Å². The van der Waals surface area contributed by atoms with E-state index < -0.39 is 36.3 Å². The second kappa shape index (κ2) is 12.4. The SMILES string of the molecule is COC(=O)N(c1ccc(NC(=O)Cc2ccc(F)cc2)cc1)[C@@H](COCc1cncc(F)c1)C(=O)O. The molecule has 0 fully saturated rings. The van der Waals surface area contributed by atoms with E-state index in [0.29, 0.717) is 16.8 Å². The molecule has 0 spiro atoms. The van der Waals surface area contributed by atoms with E-state index in [1.165, 1.54) is 60.8 Å². The number of benzene rings is 2. The van der Waals surface area contributed by atoms with E-state index in [1.54, 1.807) is 0 Å². The van der Waals surface area contributed by atoms with E-state index in [2.05, 4.69) is 10.3 Å². The summed E-state index contributed by atoms with van der Waals surface area (Å²) < 4.78 is 36.5. The molecular formula is C25H23F2N3O6. The molecule has 0 aliphatic rings. The van der Waals surface area contributed by atoms with Crippen LogP contribution in [0.5, 0.6) is 0 Å². The molecule has 2 amide bonds. The van der Waals surface area contributed by atoms with Gasteiger partial charge in [0, 0.05) is 17.6 Å². The van der Waals surface area contributed by atoms with Gasteiger partial charge < -0.3 is 19.9 Å². The average molecular weight is 499 g/mol. The van der Waals surface area contributed by atoms with E-state index in [1.807, 2.05) is 0 Å². The van der Waals surface area contributed by atoms with Gasteiger partial charge >= 0.3 is 12.1 Å². The molecule has 9 nitrogen and oxygen atoms in total. The number of carbonyl (C=O) groups excluding carboxylic acids is 2. The van der Waals surface area contributed by atoms with E-state index in [9.17, 15) is 28.3 Å². The molecule has 0 aliphatic heterocycles. The number of anilines is 2. The molecule has 1 atom stereocenters. The molecule has 0 aliphatic carbocycles. The van der Waals surface area contributed by atoms with Crippen molar-refractivity contribution in [2.24, 2.45) is 0 Å². The summed E-state index contributed by atoms with van der Waals surface area (Å²) in [6, 6.07) is 11.1. The Hall–Kier alpha value is -4.38. The highest BCUT2D eigenvalue weighted by Crippen LogP contribution is 2.22. The summed E-state index contributed by atoms with van der Waals surface area (Å²) in [5.74, 6) is -2.66. The van der Waals surface area contributed by atoms with Crippen LogP contribution in [0.25, 0.3) is 0 Å². The maximum Gasteiger partial charge on any atom is 0.414 e. The second-order valence-corrected chi connectivity index (χ2v) is 7.62. The van der Waals surface area contributed by atoms with Crippen LogP contribution < -0.4 is 10.2 Å². The third-order valence-electron chi connectivity index (χ3n) is 4.98. The van der Waals surface area contributed by atoms with Gasteiger partial charge in [0.25, 0.3) is 0 Å². The number of nitrogens with zero attached hydrogens (tertiary/aromatic N) is 2. The van der Waals surface area contributed by atoms with Crippen LogP contribution in [-0.2, 0) is 32.1 Å². The van der Waals surface area contributed by atoms with Crippen LogP contribution in [0.2, 0.25) is 0 Å². The number of rotatable bonds is 10. The van der Waals surface area contributed by atoms with Crippen LogP contribution in [0.1, 0.15) is 11.1 Å². The molecular weight excluding hydrogens is 476 g/mol. The summed E-state index contributed by atoms with van der Waals surface area (Å²) in [7, 11) is 1.11. The van der Waals surface area contributed by atoms with Gasteiger partial charge in [-0.2, -0.15) is 0 Å². The summed E-state index contributed by atoms with van der Waals surface area (Å²) in [5, 5.41) is 12.4. The number of hydrogen-bond donors (Lipinski definition) is 2. The first kappa shape index (κ1) is 26.2. The topological polar surface area (TPSA) is 118 Å². The van der Waals surface area contributed by atoms with Crippen molar-refractivity contribution in [1.29, 1.82) is 0 Å². The Labute approximate surface area is 205 Å². The number of halogens is 2. The summed E-state index contributed by atoms with van der Waals surface area (Å²) in [6.45, 7) is -0.542. The molecule has 188 valence electrons. The summed E-state index contributed by atoms with van der Waals surface area (Å²) >= 11 is 0. The predicted octanol–water partition coefficient (Wildman–Crippen LogP) is 3.78. The fourth-order valence-corrected chi connectivity index (χ4v) is 3.29. The Balaban J connectivity index is 1.69. The van der Waals surface area contributed by atoms with Crippen molar-refractivity contribution in [2.75, 3.05) is 23.9 Å². The lowest BCUT2D eigenvalue weighted by Crippen LogP contribution is -2.48. The molecule has 0 unspecified atom stereocenters. The molecule has 0 saturated carbocycles. The van der Waals surface area contributed by atoms with Gasteiger partial charge in [-0.05, 0) is 53.6 Å². The fraction of sp³-hybridized carbons (Fsp3) is 0.200. The van der Waals surface area contributed by atoms with Crippen LogP contribution >= 0.6 is 0 Å². The van der Waals surface area contributed by atoms with E-state index in [4.69, 9.17) is 9.47 Å². The molecule has 11 heteroatoms. The molecule has 0 radical (unpaired) electrons. The Morgan fingerprint density at radius 3 is 2.31 bits per heavy atom. The monoisotopic (exact) mass is 499 g/mol. The number of amides is 2. The lowest BCUT2D eigenvalue weighted by molar-refractivity contribution is -0.140. The Morgan fingerprint density at radius 2 is 1.69 bits per heavy atom. The summed E-state index contributed by atoms with van der Waals surface area (Å²) in [5.41, 5.74) is 1.60. The normalized spacial score (nSPS) is 11.4. The van der Waals surface area contributed by atoms with Crippen molar-refractivity contribution in [2.45, 2.75) is 19.1 Å². The number of nitrogens with one attached hydrogen (secondary N) is 1. The Morgan fingerprint density at radius 1 is 1.00 bits per heavy atom. The third kappa shape index (κ3) is 7.31. The highest BCUT2D eigenvalue weighted by Gasteiger charge is 2.32. The van der Waals surface area contributed by atoms with Crippen molar-refractivity contribution >= 4 is 29.3 Å². The molecule has 1 aromatic heterocycles. The molecule has 36 heavy (non-hydrogen) atoms. The molecule has 2 aromatic carbocycles. The first-order chi connectivity index (χ1) is 17.3. The lowest BCUT2D eigenvalue weighted by Gasteiger charge is -2.27. The third-order valence-corrected chi connectivity index (χ3v) is 4.98. The predicted molar refractivity (Wildman–Crippen MR) is 125 cm³/mol. The lowest BCUT2D eigenvalue weighted by atomic mass is 10.1. The van der Waals surface area contributed by atoms with Crippen molar-refractivity contribution in [3.63, 3.8) is 0 Å². The smallest absolute Gasteiger partial charge is 0.414 e. The van der Waals surface area contributed by atoms with Gasteiger partial charge in [-0.25, -0.2) is 18.4 Å². The van der Waals surface area contributed by atoms with Gasteiger partial charge in [-0.3, -0.25) is 14.7 Å². The quantitative estimate of drug-likeness (QED) is 0.436. The highest BCUT2D eigenvalue weighted by atomic mass is 19.1. The number of methoxy groups -OCH3 is 1. The van der Waals surface area contributed by atoms with E-state index >= 15 is 0 Å². The van der Waals surface area contributed by atoms with E-state index in [0.717, 1.165) is 18.2 Å². The number of ether oxygens (including phenoxy) is 2. The van der Waals surface area contributed by atoms with Crippen molar-refractivity contribution in [3.8, 4) is 0 Å². The number of carboxylic acids is 1. The first-order valence-electron chi connectivity index (χ1n) is 10.7. The fourth-order valence-electron chi connectivity index (χ4n) is 3.29. The molecule has 3 aromatic rings. The largest absolute Gasteiger partial charge is 0.480 e. The summed E-state index contributed by atoms with van der Waals surface area (Å²) in [6.07, 6.45) is 1.49. The van der Waals surface area contributed by atoms with Gasteiger partial charge in [0.15, 0.2) is 6.04 Å². The number of aromatic nitrogens is 1. The van der Waals surface area contributed by atoms with Gasteiger partial charge in [-0.15, -0.1) is 0 Å². The maximum absolute atomic E-state index is 13.3. The number of carbonyl (C=O) groups is 3. The molecule has 2 N–H and O–H groups in total. The minimum atomic E-state index is -1.46. The maximum atomic E-state index is 13.3. The molecule has 0 saturated heterocycles. The number of carboxylic acid groups (broad SMARTS) is 1. The second-order valence-electron chi connectivity index (χ2n) is 7.62. The molecule has 0 bridgehead atoms. The minimum Gasteiger partial charge on any atom is -0.480 e. The zero-order valence-electron chi connectivity index (χ0n) is 19.2. The highest BCUT2D eigenvalue weighted by molar-refractivity contribution is 5.96. The number of aliphatic carboxylic acids is 1. The van der Waals surface area contributed by atoms with Crippen LogP contribution in [0.3, 0.4) is 0 Å².